The van der Waals surface area contributed by atoms with Crippen molar-refractivity contribution in [3.63, 3.8) is 0 Å². The van der Waals surface area contributed by atoms with E-state index in [1.54, 1.807) is 0 Å². The molecule has 1 saturated heterocycles. The van der Waals surface area contributed by atoms with Gasteiger partial charge in [-0.3, -0.25) is 14.5 Å². The van der Waals surface area contributed by atoms with Gasteiger partial charge in [0.1, 0.15) is 0 Å². The number of fused-ring (bicyclic) bond motifs is 5. The molecule has 0 unspecified atom stereocenters. The summed E-state index contributed by atoms with van der Waals surface area (Å²) in [6.45, 7) is 0.0658. The van der Waals surface area contributed by atoms with Gasteiger partial charge in [-0.2, -0.15) is 0 Å². The molecule has 4 heteroatoms. The van der Waals surface area contributed by atoms with Gasteiger partial charge in [-0.1, -0.05) is 0 Å². The molecule has 2 bridgehead atoms. The zero-order chi connectivity index (χ0) is 10.6. The Bertz CT molecular complexity index is 300. The lowest BCUT2D eigenvalue weighted by Crippen LogP contribution is -2.35. The fourth-order valence-electron chi connectivity index (χ4n) is 3.79. The summed E-state index contributed by atoms with van der Waals surface area (Å²) in [5.41, 5.74) is 0. The van der Waals surface area contributed by atoms with Crippen molar-refractivity contribution in [2.45, 2.75) is 19.3 Å². The summed E-state index contributed by atoms with van der Waals surface area (Å²) in [4.78, 5) is 25.2. The lowest BCUT2D eigenvalue weighted by Gasteiger charge is -2.19. The van der Waals surface area contributed by atoms with Crippen LogP contribution in [0.25, 0.3) is 0 Å². The standard InChI is InChI=1S/C11H15NO3/c13-4-3-12-10(14)8-6-1-2-7(5-6)9(8)11(12)15/h6-9,13H,1-5H2/t6-,7-,8+,9+/m0/s1. The topological polar surface area (TPSA) is 57.6 Å². The van der Waals surface area contributed by atoms with Crippen LogP contribution in [-0.2, 0) is 9.59 Å². The van der Waals surface area contributed by atoms with Gasteiger partial charge in [0, 0.05) is 0 Å². The van der Waals surface area contributed by atoms with Crippen LogP contribution >= 0.6 is 0 Å². The van der Waals surface area contributed by atoms with E-state index < -0.39 is 0 Å². The smallest absolute Gasteiger partial charge is 0.233 e. The van der Waals surface area contributed by atoms with Gasteiger partial charge < -0.3 is 5.11 Å². The Balaban J connectivity index is 1.90. The highest BCUT2D eigenvalue weighted by molar-refractivity contribution is 6.06. The molecule has 2 aliphatic carbocycles. The summed E-state index contributed by atoms with van der Waals surface area (Å²) < 4.78 is 0. The molecule has 1 heterocycles. The van der Waals surface area contributed by atoms with Crippen LogP contribution in [0.1, 0.15) is 19.3 Å². The molecule has 15 heavy (non-hydrogen) atoms. The van der Waals surface area contributed by atoms with Gasteiger partial charge in [0.05, 0.1) is 25.0 Å². The number of hydrogen-bond donors (Lipinski definition) is 1. The molecule has 0 spiro atoms. The molecular weight excluding hydrogens is 194 g/mol. The Morgan fingerprint density at radius 2 is 1.67 bits per heavy atom. The number of amides is 2. The number of nitrogens with zero attached hydrogens (tertiary/aromatic N) is 1. The van der Waals surface area contributed by atoms with Crippen LogP contribution in [0.2, 0.25) is 0 Å². The molecule has 3 fully saturated rings. The Hall–Kier alpha value is -0.900. The largest absolute Gasteiger partial charge is 0.395 e. The van der Waals surface area contributed by atoms with Gasteiger partial charge >= 0.3 is 0 Å². The van der Waals surface area contributed by atoms with Crippen molar-refractivity contribution in [2.75, 3.05) is 13.2 Å². The van der Waals surface area contributed by atoms with E-state index in [-0.39, 0.29) is 36.8 Å². The third kappa shape index (κ3) is 1.06. The molecule has 0 aromatic carbocycles. The monoisotopic (exact) mass is 209 g/mol. The maximum atomic E-state index is 12.0. The quantitative estimate of drug-likeness (QED) is 0.652. The number of rotatable bonds is 2. The number of aliphatic hydroxyl groups is 1. The average molecular weight is 209 g/mol. The Morgan fingerprint density at radius 3 is 2.13 bits per heavy atom. The molecule has 3 aliphatic rings. The first-order valence-electron chi connectivity index (χ1n) is 5.70. The zero-order valence-corrected chi connectivity index (χ0v) is 8.56. The minimum absolute atomic E-state index is 0.0220. The van der Waals surface area contributed by atoms with Gasteiger partial charge in [-0.15, -0.1) is 0 Å². The second kappa shape index (κ2) is 3.04. The predicted molar refractivity (Wildman–Crippen MR) is 51.6 cm³/mol. The van der Waals surface area contributed by atoms with Gasteiger partial charge in [0.15, 0.2) is 0 Å². The molecular formula is C11H15NO3. The van der Waals surface area contributed by atoms with Crippen molar-refractivity contribution in [1.82, 2.24) is 4.90 Å². The molecule has 0 radical (unpaired) electrons. The number of aliphatic hydroxyl groups excluding tert-OH is 1. The summed E-state index contributed by atoms with van der Waals surface area (Å²) in [7, 11) is 0. The van der Waals surface area contributed by atoms with Crippen LogP contribution < -0.4 is 0 Å². The highest BCUT2D eigenvalue weighted by atomic mass is 16.3. The van der Waals surface area contributed by atoms with Crippen LogP contribution in [0.4, 0.5) is 0 Å². The molecule has 3 rings (SSSR count). The van der Waals surface area contributed by atoms with Crippen molar-refractivity contribution >= 4 is 11.8 Å². The van der Waals surface area contributed by atoms with Gasteiger partial charge in [-0.05, 0) is 31.1 Å². The lowest BCUT2D eigenvalue weighted by molar-refractivity contribution is -0.141. The first kappa shape index (κ1) is 9.33. The highest BCUT2D eigenvalue weighted by Gasteiger charge is 2.60. The van der Waals surface area contributed by atoms with Gasteiger partial charge in [-0.25, -0.2) is 0 Å². The molecule has 2 saturated carbocycles. The van der Waals surface area contributed by atoms with E-state index in [0.29, 0.717) is 11.8 Å². The second-order valence-corrected chi connectivity index (χ2v) is 4.94. The number of β-amino-alcohol motifs (C(OH)–C–C–N with tert-alkyl or cyclic N) is 1. The maximum Gasteiger partial charge on any atom is 0.233 e. The minimum Gasteiger partial charge on any atom is -0.395 e. The predicted octanol–water partition coefficient (Wildman–Crippen LogP) is 0.00980. The number of likely N-dealkylation sites (tertiary alicyclic amines) is 1. The minimum atomic E-state index is -0.119. The maximum absolute atomic E-state index is 12.0. The molecule has 4 atom stereocenters. The normalized spacial score (nSPS) is 42.9. The van der Waals surface area contributed by atoms with Crippen molar-refractivity contribution < 1.29 is 14.7 Å². The fourth-order valence-corrected chi connectivity index (χ4v) is 3.79. The van der Waals surface area contributed by atoms with Gasteiger partial charge in [0.25, 0.3) is 0 Å². The van der Waals surface area contributed by atoms with E-state index >= 15 is 0 Å². The molecule has 4 nitrogen and oxygen atoms in total. The molecule has 1 N–H and O–H groups in total. The number of carbonyl (C=O) groups excluding carboxylic acids is 2. The van der Waals surface area contributed by atoms with Crippen LogP contribution in [-0.4, -0.2) is 35.0 Å². The SMILES string of the molecule is O=C1[C@@H]2[C@H]3CC[C@@H](C3)[C@H]2C(=O)N1CCO. The number of imide groups is 1. The molecule has 1 aliphatic heterocycles. The first-order chi connectivity index (χ1) is 7.24. The Kier molecular flexibility index (Phi) is 1.89. The van der Waals surface area contributed by atoms with Crippen LogP contribution in [0.5, 0.6) is 0 Å². The van der Waals surface area contributed by atoms with Crippen LogP contribution in [0, 0.1) is 23.7 Å². The van der Waals surface area contributed by atoms with E-state index in [0.717, 1.165) is 19.3 Å². The highest BCUT2D eigenvalue weighted by Crippen LogP contribution is 2.55. The third-order valence-corrected chi connectivity index (χ3v) is 4.34. The Labute approximate surface area is 88.2 Å². The fraction of sp³-hybridized carbons (Fsp3) is 0.818. The summed E-state index contributed by atoms with van der Waals surface area (Å²) in [6.07, 6.45) is 3.29. The van der Waals surface area contributed by atoms with Crippen LogP contribution in [0.3, 0.4) is 0 Å². The average Bonchev–Trinajstić information content (AvgIpc) is 2.87. The number of hydrogen-bond acceptors (Lipinski definition) is 3. The molecule has 2 amide bonds. The van der Waals surface area contributed by atoms with Gasteiger partial charge in [0.2, 0.25) is 11.8 Å². The van der Waals surface area contributed by atoms with Crippen LogP contribution in [0.15, 0.2) is 0 Å². The molecule has 82 valence electrons. The first-order valence-corrected chi connectivity index (χ1v) is 5.70. The zero-order valence-electron chi connectivity index (χ0n) is 8.56. The summed E-state index contributed by atoms with van der Waals surface area (Å²) in [6, 6.07) is 0. The molecule has 0 aromatic heterocycles. The van der Waals surface area contributed by atoms with Crippen molar-refractivity contribution in [3.05, 3.63) is 0 Å². The number of carbonyl (C=O) groups is 2. The van der Waals surface area contributed by atoms with Crippen molar-refractivity contribution in [1.29, 1.82) is 0 Å². The van der Waals surface area contributed by atoms with Crippen molar-refractivity contribution in [3.8, 4) is 0 Å². The van der Waals surface area contributed by atoms with E-state index in [9.17, 15) is 9.59 Å². The van der Waals surface area contributed by atoms with E-state index in [2.05, 4.69) is 0 Å². The van der Waals surface area contributed by atoms with Crippen molar-refractivity contribution in [2.24, 2.45) is 23.7 Å². The second-order valence-electron chi connectivity index (χ2n) is 4.94. The summed E-state index contributed by atoms with van der Waals surface area (Å²) >= 11 is 0. The van der Waals surface area contributed by atoms with E-state index in [4.69, 9.17) is 5.11 Å². The van der Waals surface area contributed by atoms with E-state index in [1.165, 1.54) is 4.90 Å². The van der Waals surface area contributed by atoms with E-state index in [1.807, 2.05) is 0 Å². The Morgan fingerprint density at radius 1 is 1.13 bits per heavy atom. The molecule has 0 aromatic rings. The third-order valence-electron chi connectivity index (χ3n) is 4.34. The summed E-state index contributed by atoms with van der Waals surface area (Å²) in [5.74, 6) is 0.767. The summed E-state index contributed by atoms with van der Waals surface area (Å²) in [5, 5.41) is 8.83. The lowest BCUT2D eigenvalue weighted by atomic mass is 9.81.